The Kier molecular flexibility index (Phi) is 3.91. The van der Waals surface area contributed by atoms with Gasteiger partial charge in [0.2, 0.25) is 0 Å². The fourth-order valence-corrected chi connectivity index (χ4v) is 1.93. The van der Waals surface area contributed by atoms with Crippen molar-refractivity contribution in [2.45, 2.75) is 12.8 Å². The Hall–Kier alpha value is -1.49. The van der Waals surface area contributed by atoms with Crippen molar-refractivity contribution in [3.63, 3.8) is 0 Å². The van der Waals surface area contributed by atoms with Gasteiger partial charge in [0.25, 0.3) is 0 Å². The second-order valence-electron chi connectivity index (χ2n) is 3.72. The summed E-state index contributed by atoms with van der Waals surface area (Å²) in [6.45, 7) is 0. The smallest absolute Gasteiger partial charge is 0.169 e. The molecule has 0 unspecified atom stereocenters. The van der Waals surface area contributed by atoms with Crippen LogP contribution in [0.4, 0.5) is 8.78 Å². The number of hydrogen-bond donors (Lipinski definition) is 0. The monoisotopic (exact) mass is 314 g/mol. The zero-order valence-corrected chi connectivity index (χ0v) is 10.8. The van der Waals surface area contributed by atoms with Crippen LogP contribution in [0.5, 0.6) is 0 Å². The molecule has 0 fully saturated rings. The number of furan rings is 1. The minimum atomic E-state index is -0.862. The van der Waals surface area contributed by atoms with Crippen LogP contribution in [0.15, 0.2) is 39.4 Å². The van der Waals surface area contributed by atoms with Crippen molar-refractivity contribution in [2.75, 3.05) is 0 Å². The first-order valence-electron chi connectivity index (χ1n) is 5.28. The first-order chi connectivity index (χ1) is 8.59. The lowest BCUT2D eigenvalue weighted by Gasteiger charge is -2.05. The summed E-state index contributed by atoms with van der Waals surface area (Å²) in [6.07, 6.45) is 1.80. The average molecular weight is 315 g/mol. The van der Waals surface area contributed by atoms with E-state index < -0.39 is 23.0 Å². The number of rotatable bonds is 4. The third kappa shape index (κ3) is 2.67. The molecule has 0 aliphatic carbocycles. The van der Waals surface area contributed by atoms with Gasteiger partial charge in [0.1, 0.15) is 11.6 Å². The Morgan fingerprint density at radius 3 is 2.72 bits per heavy atom. The van der Waals surface area contributed by atoms with Gasteiger partial charge < -0.3 is 4.42 Å². The van der Waals surface area contributed by atoms with Gasteiger partial charge in [-0.15, -0.1) is 0 Å². The number of aryl methyl sites for hydroxylation is 1. The predicted molar refractivity (Wildman–Crippen MR) is 65.4 cm³/mol. The van der Waals surface area contributed by atoms with Crippen molar-refractivity contribution in [1.82, 2.24) is 0 Å². The lowest BCUT2D eigenvalue weighted by Crippen LogP contribution is -2.07. The van der Waals surface area contributed by atoms with E-state index in [0.717, 1.165) is 6.07 Å². The lowest BCUT2D eigenvalue weighted by atomic mass is 10.0. The second-order valence-corrected chi connectivity index (χ2v) is 4.58. The number of halogens is 3. The van der Waals surface area contributed by atoms with Crippen molar-refractivity contribution >= 4 is 21.7 Å². The molecule has 0 bridgehead atoms. The summed E-state index contributed by atoms with van der Waals surface area (Å²) in [5.74, 6) is -1.68. The van der Waals surface area contributed by atoms with Crippen LogP contribution in [-0.2, 0) is 6.42 Å². The first-order valence-corrected chi connectivity index (χ1v) is 6.08. The molecule has 0 aliphatic rings. The van der Waals surface area contributed by atoms with E-state index in [1.54, 1.807) is 12.1 Å². The summed E-state index contributed by atoms with van der Waals surface area (Å²) in [4.78, 5) is 11.8. The predicted octanol–water partition coefficient (Wildman–Crippen LogP) is 4.14. The van der Waals surface area contributed by atoms with Crippen LogP contribution in [0.3, 0.4) is 0 Å². The highest BCUT2D eigenvalue weighted by molar-refractivity contribution is 9.10. The van der Waals surface area contributed by atoms with Crippen LogP contribution in [0.25, 0.3) is 0 Å². The summed E-state index contributed by atoms with van der Waals surface area (Å²) in [5.41, 5.74) is -0.504. The Balaban J connectivity index is 2.16. The van der Waals surface area contributed by atoms with E-state index in [0.29, 0.717) is 12.2 Å². The molecular weight excluding hydrogens is 306 g/mol. The van der Waals surface area contributed by atoms with Crippen molar-refractivity contribution in [1.29, 1.82) is 0 Å². The number of benzene rings is 1. The number of Topliss-reactive ketones (excluding diaryl/α,β-unsaturated/α-hetero) is 1. The molecule has 2 aromatic rings. The molecule has 0 amide bonds. The van der Waals surface area contributed by atoms with Gasteiger partial charge in [0.05, 0.1) is 16.3 Å². The third-order valence-electron chi connectivity index (χ3n) is 2.50. The standard InChI is InChI=1S/C13H9BrF2O2/c14-9-4-5-10(15)12(13(9)16)11(17)6-3-8-2-1-7-18-8/h1-2,4-5,7H,3,6H2. The quantitative estimate of drug-likeness (QED) is 0.627. The normalized spacial score (nSPS) is 10.6. The van der Waals surface area contributed by atoms with Crippen LogP contribution in [0, 0.1) is 11.6 Å². The SMILES string of the molecule is O=C(CCc1ccco1)c1c(F)ccc(Br)c1F. The zero-order chi connectivity index (χ0) is 13.1. The number of carbonyl (C=O) groups is 1. The van der Waals surface area contributed by atoms with Crippen LogP contribution < -0.4 is 0 Å². The molecule has 5 heteroatoms. The molecule has 0 saturated carbocycles. The molecule has 0 atom stereocenters. The third-order valence-corrected chi connectivity index (χ3v) is 3.11. The van der Waals surface area contributed by atoms with Crippen LogP contribution in [-0.4, -0.2) is 5.78 Å². The molecule has 18 heavy (non-hydrogen) atoms. The van der Waals surface area contributed by atoms with Crippen LogP contribution in [0.1, 0.15) is 22.5 Å². The van der Waals surface area contributed by atoms with E-state index in [4.69, 9.17) is 4.42 Å². The summed E-state index contributed by atoms with van der Waals surface area (Å²) in [5, 5.41) is 0. The fraction of sp³-hybridized carbons (Fsp3) is 0.154. The van der Waals surface area contributed by atoms with Crippen molar-refractivity contribution in [2.24, 2.45) is 0 Å². The van der Waals surface area contributed by atoms with Gasteiger partial charge in [-0.1, -0.05) is 0 Å². The molecule has 1 aromatic heterocycles. The highest BCUT2D eigenvalue weighted by atomic mass is 79.9. The number of carbonyl (C=O) groups excluding carboxylic acids is 1. The van der Waals surface area contributed by atoms with E-state index in [-0.39, 0.29) is 10.9 Å². The first kappa shape index (κ1) is 13.0. The summed E-state index contributed by atoms with van der Waals surface area (Å²) < 4.78 is 32.2. The molecule has 1 aromatic carbocycles. The minimum Gasteiger partial charge on any atom is -0.469 e. The van der Waals surface area contributed by atoms with Crippen molar-refractivity contribution < 1.29 is 18.0 Å². The molecule has 0 saturated heterocycles. The van der Waals surface area contributed by atoms with Gasteiger partial charge in [-0.25, -0.2) is 8.78 Å². The van der Waals surface area contributed by atoms with E-state index in [1.165, 1.54) is 12.3 Å². The van der Waals surface area contributed by atoms with Gasteiger partial charge in [0, 0.05) is 12.8 Å². The zero-order valence-electron chi connectivity index (χ0n) is 9.25. The molecule has 1 heterocycles. The van der Waals surface area contributed by atoms with E-state index in [2.05, 4.69) is 15.9 Å². The Bertz CT molecular complexity index is 565. The topological polar surface area (TPSA) is 30.2 Å². The fourth-order valence-electron chi connectivity index (χ4n) is 1.60. The molecule has 0 spiro atoms. The molecule has 0 radical (unpaired) electrons. The summed E-state index contributed by atoms with van der Waals surface area (Å²) >= 11 is 2.93. The lowest BCUT2D eigenvalue weighted by molar-refractivity contribution is 0.0972. The van der Waals surface area contributed by atoms with Gasteiger partial charge in [0.15, 0.2) is 11.6 Å². The Labute approximate surface area is 111 Å². The van der Waals surface area contributed by atoms with Gasteiger partial charge in [-0.3, -0.25) is 4.79 Å². The summed E-state index contributed by atoms with van der Waals surface area (Å²) in [6, 6.07) is 5.70. The average Bonchev–Trinajstić information content (AvgIpc) is 2.85. The Morgan fingerprint density at radius 1 is 1.28 bits per heavy atom. The van der Waals surface area contributed by atoms with E-state index in [9.17, 15) is 13.6 Å². The van der Waals surface area contributed by atoms with Gasteiger partial charge in [-0.2, -0.15) is 0 Å². The maximum atomic E-state index is 13.6. The minimum absolute atomic E-state index is 0.00218. The summed E-state index contributed by atoms with van der Waals surface area (Å²) in [7, 11) is 0. The van der Waals surface area contributed by atoms with Crippen LogP contribution >= 0.6 is 15.9 Å². The van der Waals surface area contributed by atoms with Crippen molar-refractivity contribution in [3.8, 4) is 0 Å². The highest BCUT2D eigenvalue weighted by Crippen LogP contribution is 2.23. The molecule has 2 rings (SSSR count). The van der Waals surface area contributed by atoms with Crippen molar-refractivity contribution in [3.05, 3.63) is 58.0 Å². The molecule has 2 nitrogen and oxygen atoms in total. The number of hydrogen-bond acceptors (Lipinski definition) is 2. The van der Waals surface area contributed by atoms with E-state index >= 15 is 0 Å². The van der Waals surface area contributed by atoms with E-state index in [1.807, 2.05) is 0 Å². The largest absolute Gasteiger partial charge is 0.469 e. The molecule has 0 N–H and O–H groups in total. The Morgan fingerprint density at radius 2 is 2.06 bits per heavy atom. The second kappa shape index (κ2) is 5.44. The molecule has 94 valence electrons. The number of ketones is 1. The van der Waals surface area contributed by atoms with Crippen LogP contribution in [0.2, 0.25) is 0 Å². The molecular formula is C13H9BrF2O2. The highest BCUT2D eigenvalue weighted by Gasteiger charge is 2.19. The van der Waals surface area contributed by atoms with Gasteiger partial charge in [-0.05, 0) is 40.2 Å². The molecule has 0 aliphatic heterocycles. The maximum absolute atomic E-state index is 13.6. The maximum Gasteiger partial charge on any atom is 0.169 e. The van der Waals surface area contributed by atoms with Gasteiger partial charge >= 0.3 is 0 Å².